The molecule has 0 bridgehead atoms. The van der Waals surface area contributed by atoms with Crippen LogP contribution in [0.1, 0.15) is 55.8 Å². The highest BCUT2D eigenvalue weighted by atomic mass is 16.2. The van der Waals surface area contributed by atoms with Gasteiger partial charge in [0.05, 0.1) is 0 Å². The van der Waals surface area contributed by atoms with Gasteiger partial charge < -0.3 is 15.5 Å². The third kappa shape index (κ3) is 6.86. The summed E-state index contributed by atoms with van der Waals surface area (Å²) in [4.78, 5) is 38.1. The number of benzene rings is 1. The third-order valence-electron chi connectivity index (χ3n) is 4.52. The number of nitrogens with one attached hydrogen (secondary N) is 2. The molecule has 2 rings (SSSR count). The van der Waals surface area contributed by atoms with Gasteiger partial charge in [0, 0.05) is 44.1 Å². The molecule has 1 unspecified atom stereocenters. The van der Waals surface area contributed by atoms with Crippen molar-refractivity contribution in [2.75, 3.05) is 19.6 Å². The van der Waals surface area contributed by atoms with Crippen LogP contribution in [-0.4, -0.2) is 48.3 Å². The summed E-state index contributed by atoms with van der Waals surface area (Å²) < 4.78 is 0. The van der Waals surface area contributed by atoms with E-state index >= 15 is 0 Å². The number of hydrogen-bond acceptors (Lipinski definition) is 3. The van der Waals surface area contributed by atoms with Crippen LogP contribution in [-0.2, 0) is 9.59 Å². The maximum Gasteiger partial charge on any atom is 0.251 e. The molecule has 1 saturated heterocycles. The van der Waals surface area contributed by atoms with Crippen LogP contribution in [0.25, 0.3) is 0 Å². The molecule has 26 heavy (non-hydrogen) atoms. The van der Waals surface area contributed by atoms with Crippen LogP contribution in [0.3, 0.4) is 0 Å². The van der Waals surface area contributed by atoms with E-state index in [9.17, 15) is 14.4 Å². The SMILES string of the molecule is CC(CC(=O)NCCC(=O)N1CCCCCC1)NC(=O)c1ccccc1. The number of hydrogen-bond donors (Lipinski definition) is 2. The lowest BCUT2D eigenvalue weighted by atomic mass is 10.1. The molecule has 1 aromatic carbocycles. The van der Waals surface area contributed by atoms with Gasteiger partial charge in [-0.05, 0) is 31.9 Å². The molecule has 0 aromatic heterocycles. The zero-order valence-electron chi connectivity index (χ0n) is 15.5. The Balaban J connectivity index is 1.64. The quantitative estimate of drug-likeness (QED) is 0.783. The average molecular weight is 359 g/mol. The summed E-state index contributed by atoms with van der Waals surface area (Å²) in [6.07, 6.45) is 5.03. The van der Waals surface area contributed by atoms with Crippen molar-refractivity contribution >= 4 is 17.7 Å². The van der Waals surface area contributed by atoms with Crippen LogP contribution in [0.4, 0.5) is 0 Å². The fourth-order valence-corrected chi connectivity index (χ4v) is 3.08. The molecular formula is C20H29N3O3. The van der Waals surface area contributed by atoms with E-state index in [2.05, 4.69) is 10.6 Å². The standard InChI is InChI=1S/C20H29N3O3/c1-16(22-20(26)17-9-5-4-6-10-17)15-18(24)21-12-11-19(25)23-13-7-2-3-8-14-23/h4-6,9-10,16H,2-3,7-8,11-15H2,1H3,(H,21,24)(H,22,26). The maximum atomic E-state index is 12.2. The third-order valence-corrected chi connectivity index (χ3v) is 4.52. The lowest BCUT2D eigenvalue weighted by Crippen LogP contribution is -2.39. The van der Waals surface area contributed by atoms with Gasteiger partial charge in [-0.1, -0.05) is 31.0 Å². The van der Waals surface area contributed by atoms with Crippen LogP contribution in [0.2, 0.25) is 0 Å². The largest absolute Gasteiger partial charge is 0.356 e. The van der Waals surface area contributed by atoms with Crippen molar-refractivity contribution in [2.24, 2.45) is 0 Å². The molecule has 6 nitrogen and oxygen atoms in total. The monoisotopic (exact) mass is 359 g/mol. The minimum absolute atomic E-state index is 0.109. The van der Waals surface area contributed by atoms with E-state index in [1.54, 1.807) is 31.2 Å². The molecule has 0 aliphatic carbocycles. The van der Waals surface area contributed by atoms with Crippen LogP contribution in [0.15, 0.2) is 30.3 Å². The molecule has 0 radical (unpaired) electrons. The summed E-state index contributed by atoms with van der Waals surface area (Å²) in [5, 5.41) is 5.58. The van der Waals surface area contributed by atoms with E-state index in [0.29, 0.717) is 18.5 Å². The van der Waals surface area contributed by atoms with Crippen molar-refractivity contribution in [3.8, 4) is 0 Å². The van der Waals surface area contributed by atoms with Gasteiger partial charge in [0.15, 0.2) is 0 Å². The summed E-state index contributed by atoms with van der Waals surface area (Å²) in [6, 6.07) is 8.64. The number of rotatable bonds is 7. The zero-order valence-corrected chi connectivity index (χ0v) is 15.5. The van der Waals surface area contributed by atoms with Gasteiger partial charge in [-0.25, -0.2) is 0 Å². The van der Waals surface area contributed by atoms with E-state index in [4.69, 9.17) is 0 Å². The molecule has 1 heterocycles. The minimum Gasteiger partial charge on any atom is -0.356 e. The summed E-state index contributed by atoms with van der Waals surface area (Å²) >= 11 is 0. The van der Waals surface area contributed by atoms with Gasteiger partial charge in [-0.2, -0.15) is 0 Å². The summed E-state index contributed by atoms with van der Waals surface area (Å²) in [5.74, 6) is -0.241. The van der Waals surface area contributed by atoms with Gasteiger partial charge in [0.1, 0.15) is 0 Å². The average Bonchev–Trinajstić information content (AvgIpc) is 2.91. The first-order valence-corrected chi connectivity index (χ1v) is 9.46. The Hall–Kier alpha value is -2.37. The summed E-state index contributed by atoms with van der Waals surface area (Å²) in [6.45, 7) is 3.79. The Morgan fingerprint density at radius 3 is 2.35 bits per heavy atom. The van der Waals surface area contributed by atoms with Crippen molar-refractivity contribution in [1.29, 1.82) is 0 Å². The number of likely N-dealkylation sites (tertiary alicyclic amines) is 1. The van der Waals surface area contributed by atoms with Gasteiger partial charge >= 0.3 is 0 Å². The molecule has 1 aromatic rings. The smallest absolute Gasteiger partial charge is 0.251 e. The second-order valence-corrected chi connectivity index (χ2v) is 6.84. The van der Waals surface area contributed by atoms with Crippen LogP contribution < -0.4 is 10.6 Å². The van der Waals surface area contributed by atoms with Gasteiger partial charge in [-0.3, -0.25) is 14.4 Å². The highest BCUT2D eigenvalue weighted by Gasteiger charge is 2.16. The minimum atomic E-state index is -0.274. The van der Waals surface area contributed by atoms with Gasteiger partial charge in [-0.15, -0.1) is 0 Å². The first-order chi connectivity index (χ1) is 12.6. The van der Waals surface area contributed by atoms with E-state index in [1.165, 1.54) is 12.8 Å². The van der Waals surface area contributed by atoms with Crippen LogP contribution in [0, 0.1) is 0 Å². The normalized spacial score (nSPS) is 15.7. The molecule has 2 N–H and O–H groups in total. The highest BCUT2D eigenvalue weighted by molar-refractivity contribution is 5.94. The fourth-order valence-electron chi connectivity index (χ4n) is 3.08. The number of nitrogens with zero attached hydrogens (tertiary/aromatic N) is 1. The Morgan fingerprint density at radius 1 is 1.04 bits per heavy atom. The first kappa shape index (κ1) is 19.9. The van der Waals surface area contributed by atoms with E-state index in [1.807, 2.05) is 11.0 Å². The number of carbonyl (C=O) groups is 3. The number of amides is 3. The molecule has 1 aliphatic heterocycles. The Labute approximate surface area is 155 Å². The van der Waals surface area contributed by atoms with Crippen molar-refractivity contribution in [3.63, 3.8) is 0 Å². The van der Waals surface area contributed by atoms with Crippen LogP contribution in [0.5, 0.6) is 0 Å². The Bertz CT molecular complexity index is 596. The second-order valence-electron chi connectivity index (χ2n) is 6.84. The second kappa shape index (κ2) is 10.6. The summed E-state index contributed by atoms with van der Waals surface area (Å²) in [5.41, 5.74) is 0.572. The lowest BCUT2D eigenvalue weighted by Gasteiger charge is -2.20. The molecule has 3 amide bonds. The Kier molecular flexibility index (Phi) is 8.12. The van der Waals surface area contributed by atoms with E-state index in [0.717, 1.165) is 25.9 Å². The zero-order chi connectivity index (χ0) is 18.8. The molecule has 6 heteroatoms. The molecule has 1 fully saturated rings. The summed E-state index contributed by atoms with van der Waals surface area (Å²) in [7, 11) is 0. The first-order valence-electron chi connectivity index (χ1n) is 9.46. The van der Waals surface area contributed by atoms with Crippen molar-refractivity contribution in [1.82, 2.24) is 15.5 Å². The van der Waals surface area contributed by atoms with E-state index < -0.39 is 0 Å². The maximum absolute atomic E-state index is 12.2. The van der Waals surface area contributed by atoms with Crippen molar-refractivity contribution < 1.29 is 14.4 Å². The van der Waals surface area contributed by atoms with E-state index in [-0.39, 0.29) is 30.2 Å². The van der Waals surface area contributed by atoms with Crippen LogP contribution >= 0.6 is 0 Å². The Morgan fingerprint density at radius 2 is 1.69 bits per heavy atom. The molecule has 0 saturated carbocycles. The fraction of sp³-hybridized carbons (Fsp3) is 0.550. The molecular weight excluding hydrogens is 330 g/mol. The molecule has 0 spiro atoms. The van der Waals surface area contributed by atoms with Gasteiger partial charge in [0.2, 0.25) is 11.8 Å². The number of carbonyl (C=O) groups excluding carboxylic acids is 3. The molecule has 1 atom stereocenters. The van der Waals surface area contributed by atoms with Gasteiger partial charge in [0.25, 0.3) is 5.91 Å². The van der Waals surface area contributed by atoms with Crippen molar-refractivity contribution in [2.45, 2.75) is 51.5 Å². The highest BCUT2D eigenvalue weighted by Crippen LogP contribution is 2.10. The predicted octanol–water partition coefficient (Wildman–Crippen LogP) is 2.10. The van der Waals surface area contributed by atoms with Crippen molar-refractivity contribution in [3.05, 3.63) is 35.9 Å². The lowest BCUT2D eigenvalue weighted by molar-refractivity contribution is -0.131. The molecule has 1 aliphatic rings. The predicted molar refractivity (Wildman–Crippen MR) is 101 cm³/mol. The molecule has 142 valence electrons. The topological polar surface area (TPSA) is 78.5 Å².